The number of carbonyl (C=O) groups excluding carboxylic acids is 2. The second-order valence-corrected chi connectivity index (χ2v) is 6.82. The van der Waals surface area contributed by atoms with Gasteiger partial charge < -0.3 is 20.9 Å². The molecule has 3 N–H and O–H groups in total. The van der Waals surface area contributed by atoms with E-state index in [1.54, 1.807) is 25.2 Å². The molecular weight excluding hydrogens is 364 g/mol. The molecule has 1 aliphatic rings. The fourth-order valence-corrected chi connectivity index (χ4v) is 3.33. The van der Waals surface area contributed by atoms with Gasteiger partial charge in [-0.25, -0.2) is 0 Å². The van der Waals surface area contributed by atoms with E-state index in [0.29, 0.717) is 16.3 Å². The number of amides is 2. The lowest BCUT2D eigenvalue weighted by Gasteiger charge is -2.17. The Kier molecular flexibility index (Phi) is 6.19. The first-order chi connectivity index (χ1) is 13.1. The first kappa shape index (κ1) is 19.0. The first-order valence-corrected chi connectivity index (χ1v) is 9.35. The number of anilines is 3. The van der Waals surface area contributed by atoms with Crippen molar-refractivity contribution in [3.8, 4) is 0 Å². The number of carbonyl (C=O) groups is 2. The van der Waals surface area contributed by atoms with E-state index in [-0.39, 0.29) is 18.4 Å². The number of halogens is 1. The van der Waals surface area contributed by atoms with Crippen LogP contribution in [0.1, 0.15) is 23.2 Å². The highest BCUT2D eigenvalue weighted by atomic mass is 35.5. The topological polar surface area (TPSA) is 73.5 Å². The quantitative estimate of drug-likeness (QED) is 0.711. The first-order valence-electron chi connectivity index (χ1n) is 8.97. The Bertz CT molecular complexity index is 817. The smallest absolute Gasteiger partial charge is 0.252 e. The van der Waals surface area contributed by atoms with Crippen LogP contribution in [-0.4, -0.2) is 38.5 Å². The molecule has 1 aliphatic heterocycles. The van der Waals surface area contributed by atoms with Gasteiger partial charge in [0, 0.05) is 37.2 Å². The van der Waals surface area contributed by atoms with Crippen molar-refractivity contribution in [2.75, 3.05) is 42.2 Å². The Balaban J connectivity index is 1.52. The third-order valence-electron chi connectivity index (χ3n) is 4.52. The molecule has 0 atom stereocenters. The van der Waals surface area contributed by atoms with E-state index in [4.69, 9.17) is 11.6 Å². The molecule has 7 heteroatoms. The molecule has 1 heterocycles. The molecule has 0 saturated carbocycles. The summed E-state index contributed by atoms with van der Waals surface area (Å²) in [4.78, 5) is 26.1. The van der Waals surface area contributed by atoms with Crippen LogP contribution in [0, 0.1) is 0 Å². The van der Waals surface area contributed by atoms with Crippen LogP contribution in [0.2, 0.25) is 5.02 Å². The maximum absolute atomic E-state index is 12.2. The van der Waals surface area contributed by atoms with Crippen LogP contribution in [0.3, 0.4) is 0 Å². The number of nitrogens with zero attached hydrogens (tertiary/aromatic N) is 1. The summed E-state index contributed by atoms with van der Waals surface area (Å²) < 4.78 is 0. The van der Waals surface area contributed by atoms with Crippen molar-refractivity contribution < 1.29 is 9.59 Å². The van der Waals surface area contributed by atoms with Gasteiger partial charge in [-0.15, -0.1) is 0 Å². The van der Waals surface area contributed by atoms with Gasteiger partial charge >= 0.3 is 0 Å². The lowest BCUT2D eigenvalue weighted by atomic mass is 10.2. The van der Waals surface area contributed by atoms with Crippen molar-refractivity contribution in [2.24, 2.45) is 0 Å². The van der Waals surface area contributed by atoms with Crippen LogP contribution in [-0.2, 0) is 4.79 Å². The van der Waals surface area contributed by atoms with Crippen LogP contribution in [0.4, 0.5) is 17.1 Å². The van der Waals surface area contributed by atoms with Gasteiger partial charge in [-0.2, -0.15) is 0 Å². The highest BCUT2D eigenvalue weighted by Crippen LogP contribution is 2.23. The lowest BCUT2D eigenvalue weighted by molar-refractivity contribution is -0.114. The van der Waals surface area contributed by atoms with E-state index in [2.05, 4.69) is 20.9 Å². The Morgan fingerprint density at radius 1 is 1.04 bits per heavy atom. The Hall–Kier alpha value is -2.73. The molecule has 0 aliphatic carbocycles. The second kappa shape index (κ2) is 8.77. The molecule has 6 nitrogen and oxygen atoms in total. The van der Waals surface area contributed by atoms with Crippen LogP contribution in [0.5, 0.6) is 0 Å². The molecule has 0 spiro atoms. The van der Waals surface area contributed by atoms with E-state index < -0.39 is 0 Å². The fourth-order valence-electron chi connectivity index (χ4n) is 3.06. The molecule has 0 aromatic heterocycles. The van der Waals surface area contributed by atoms with Crippen molar-refractivity contribution in [3.63, 3.8) is 0 Å². The second-order valence-electron chi connectivity index (χ2n) is 6.42. The zero-order valence-electron chi connectivity index (χ0n) is 15.2. The van der Waals surface area contributed by atoms with E-state index in [9.17, 15) is 9.59 Å². The molecule has 2 amide bonds. The van der Waals surface area contributed by atoms with Crippen LogP contribution >= 0.6 is 11.6 Å². The zero-order chi connectivity index (χ0) is 19.2. The third kappa shape index (κ3) is 4.92. The third-order valence-corrected chi connectivity index (χ3v) is 4.83. The molecule has 2 aromatic carbocycles. The molecule has 1 saturated heterocycles. The zero-order valence-corrected chi connectivity index (χ0v) is 16.0. The van der Waals surface area contributed by atoms with Gasteiger partial charge in [0.05, 0.1) is 17.1 Å². The van der Waals surface area contributed by atoms with Gasteiger partial charge in [0.2, 0.25) is 5.91 Å². The summed E-state index contributed by atoms with van der Waals surface area (Å²) in [5, 5.41) is 8.74. The van der Waals surface area contributed by atoms with Gasteiger partial charge in [0.25, 0.3) is 5.91 Å². The van der Waals surface area contributed by atoms with Gasteiger partial charge in [-0.05, 0) is 55.3 Å². The molecule has 27 heavy (non-hydrogen) atoms. The molecule has 142 valence electrons. The lowest BCUT2D eigenvalue weighted by Crippen LogP contribution is -2.22. The SMILES string of the molecule is CNC(=O)c1ccc(NCC(=O)Nc2ccc(N3CCCC3)cc2)cc1Cl. The summed E-state index contributed by atoms with van der Waals surface area (Å²) in [6.07, 6.45) is 2.47. The normalized spacial score (nSPS) is 13.3. The summed E-state index contributed by atoms with van der Waals surface area (Å²) in [5.74, 6) is -0.405. The molecule has 0 radical (unpaired) electrons. The number of hydrogen-bond acceptors (Lipinski definition) is 4. The molecule has 0 unspecified atom stereocenters. The van der Waals surface area contributed by atoms with Crippen molar-refractivity contribution in [1.82, 2.24) is 5.32 Å². The van der Waals surface area contributed by atoms with E-state index in [1.807, 2.05) is 24.3 Å². The molecule has 2 aromatic rings. The number of rotatable bonds is 6. The average molecular weight is 387 g/mol. The predicted molar refractivity (Wildman–Crippen MR) is 110 cm³/mol. The van der Waals surface area contributed by atoms with Crippen molar-refractivity contribution >= 4 is 40.5 Å². The minimum absolute atomic E-state index is 0.101. The molecule has 3 rings (SSSR count). The van der Waals surface area contributed by atoms with E-state index in [1.165, 1.54) is 18.5 Å². The van der Waals surface area contributed by atoms with Crippen LogP contribution < -0.4 is 20.9 Å². The average Bonchev–Trinajstić information content (AvgIpc) is 3.21. The number of benzene rings is 2. The highest BCUT2D eigenvalue weighted by Gasteiger charge is 2.12. The summed E-state index contributed by atoms with van der Waals surface area (Å²) in [6.45, 7) is 2.29. The summed E-state index contributed by atoms with van der Waals surface area (Å²) >= 11 is 6.11. The van der Waals surface area contributed by atoms with Gasteiger partial charge in [0.15, 0.2) is 0 Å². The van der Waals surface area contributed by atoms with Crippen molar-refractivity contribution in [1.29, 1.82) is 0 Å². The van der Waals surface area contributed by atoms with Gasteiger partial charge in [-0.3, -0.25) is 9.59 Å². The summed E-state index contributed by atoms with van der Waals surface area (Å²) in [5.41, 5.74) is 3.02. The van der Waals surface area contributed by atoms with Gasteiger partial charge in [-0.1, -0.05) is 11.6 Å². The van der Waals surface area contributed by atoms with E-state index >= 15 is 0 Å². The van der Waals surface area contributed by atoms with E-state index in [0.717, 1.165) is 18.8 Å². The van der Waals surface area contributed by atoms with Crippen molar-refractivity contribution in [2.45, 2.75) is 12.8 Å². The predicted octanol–water partition coefficient (Wildman–Crippen LogP) is 3.35. The maximum Gasteiger partial charge on any atom is 0.252 e. The summed E-state index contributed by atoms with van der Waals surface area (Å²) in [7, 11) is 1.55. The molecule has 1 fully saturated rings. The minimum atomic E-state index is -0.248. The van der Waals surface area contributed by atoms with Crippen LogP contribution in [0.25, 0.3) is 0 Å². The number of nitrogens with one attached hydrogen (secondary N) is 3. The monoisotopic (exact) mass is 386 g/mol. The fraction of sp³-hybridized carbons (Fsp3) is 0.300. The Morgan fingerprint density at radius 2 is 1.70 bits per heavy atom. The Morgan fingerprint density at radius 3 is 2.33 bits per heavy atom. The van der Waals surface area contributed by atoms with Gasteiger partial charge in [0.1, 0.15) is 0 Å². The molecule has 0 bridgehead atoms. The number of hydrogen-bond donors (Lipinski definition) is 3. The maximum atomic E-state index is 12.2. The Labute approximate surface area is 163 Å². The van der Waals surface area contributed by atoms with Crippen molar-refractivity contribution in [3.05, 3.63) is 53.1 Å². The molecular formula is C20H23ClN4O2. The largest absolute Gasteiger partial charge is 0.376 e. The highest BCUT2D eigenvalue weighted by molar-refractivity contribution is 6.34. The minimum Gasteiger partial charge on any atom is -0.376 e. The summed E-state index contributed by atoms with van der Waals surface area (Å²) in [6, 6.07) is 12.9. The standard InChI is InChI=1S/C20H23ClN4O2/c1-22-20(27)17-9-6-15(12-18(17)21)23-13-19(26)24-14-4-7-16(8-5-14)25-10-2-3-11-25/h4-9,12,23H,2-3,10-11,13H2,1H3,(H,22,27)(H,24,26). The van der Waals surface area contributed by atoms with Crippen LogP contribution in [0.15, 0.2) is 42.5 Å².